The number of hydrogen-bond acceptors (Lipinski definition) is 4. The summed E-state index contributed by atoms with van der Waals surface area (Å²) in [6, 6.07) is 3.91. The van der Waals surface area contributed by atoms with Crippen LogP contribution in [0.4, 0.5) is 0 Å². The number of aromatic nitrogens is 1. The Bertz CT molecular complexity index is 380. The minimum Gasteiger partial charge on any atom is -0.438 e. The van der Waals surface area contributed by atoms with Crippen LogP contribution in [0, 0.1) is 5.41 Å². The first-order valence-electron chi connectivity index (χ1n) is 6.21. The smallest absolute Gasteiger partial charge is 0.313 e. The third-order valence-electron chi connectivity index (χ3n) is 3.50. The molecule has 100 valence electrons. The Morgan fingerprint density at radius 1 is 1.50 bits per heavy atom. The highest BCUT2D eigenvalue weighted by molar-refractivity contribution is 5.76. The number of hydrogen-bond donors (Lipinski definition) is 1. The van der Waals surface area contributed by atoms with E-state index in [2.05, 4.69) is 11.9 Å². The maximum Gasteiger partial charge on any atom is 0.313 e. The van der Waals surface area contributed by atoms with Gasteiger partial charge in [-0.3, -0.25) is 9.78 Å². The van der Waals surface area contributed by atoms with Crippen molar-refractivity contribution >= 4 is 5.97 Å². The van der Waals surface area contributed by atoms with Crippen molar-refractivity contribution in [3.05, 3.63) is 30.1 Å². The van der Waals surface area contributed by atoms with Crippen molar-refractivity contribution in [3.63, 3.8) is 0 Å². The predicted octanol–water partition coefficient (Wildman–Crippen LogP) is 2.48. The first-order valence-corrected chi connectivity index (χ1v) is 6.21. The predicted molar refractivity (Wildman–Crippen MR) is 68.8 cm³/mol. The number of pyridine rings is 1. The fraction of sp³-hybridized carbons (Fsp3) is 0.571. The Morgan fingerprint density at radius 3 is 2.61 bits per heavy atom. The second-order valence-corrected chi connectivity index (χ2v) is 4.86. The molecule has 0 saturated heterocycles. The second-order valence-electron chi connectivity index (χ2n) is 4.86. The van der Waals surface area contributed by atoms with E-state index in [-0.39, 0.29) is 11.9 Å². The maximum atomic E-state index is 11.9. The van der Waals surface area contributed by atoms with Gasteiger partial charge in [-0.25, -0.2) is 0 Å². The zero-order valence-corrected chi connectivity index (χ0v) is 11.2. The number of aliphatic hydroxyl groups is 1. The molecular formula is C14H21NO3. The Balaban J connectivity index is 2.76. The van der Waals surface area contributed by atoms with Crippen molar-refractivity contribution in [2.75, 3.05) is 6.79 Å². The molecule has 1 heterocycles. The molecule has 4 heteroatoms. The van der Waals surface area contributed by atoms with Crippen molar-refractivity contribution in [2.45, 2.75) is 39.5 Å². The van der Waals surface area contributed by atoms with E-state index in [1.165, 1.54) is 0 Å². The maximum absolute atomic E-state index is 11.9. The molecule has 18 heavy (non-hydrogen) atoms. The minimum atomic E-state index is -0.564. The molecule has 2 unspecified atom stereocenters. The van der Waals surface area contributed by atoms with Gasteiger partial charge in [-0.2, -0.15) is 0 Å². The molecule has 0 spiro atoms. The molecule has 0 aliphatic carbocycles. The monoisotopic (exact) mass is 251 g/mol. The van der Waals surface area contributed by atoms with Gasteiger partial charge in [-0.05, 0) is 43.4 Å². The molecule has 0 fully saturated rings. The molecule has 1 aromatic heterocycles. The molecule has 1 aromatic rings. The summed E-state index contributed by atoms with van der Waals surface area (Å²) in [6.07, 6.45) is 4.87. The summed E-state index contributed by atoms with van der Waals surface area (Å²) in [4.78, 5) is 15.9. The van der Waals surface area contributed by atoms with Crippen LogP contribution < -0.4 is 0 Å². The van der Waals surface area contributed by atoms with Gasteiger partial charge in [-0.1, -0.05) is 13.8 Å². The third-order valence-corrected chi connectivity index (χ3v) is 3.50. The quantitative estimate of drug-likeness (QED) is 0.623. The zero-order valence-electron chi connectivity index (χ0n) is 11.2. The molecule has 0 aromatic carbocycles. The molecule has 1 N–H and O–H groups in total. The second kappa shape index (κ2) is 6.50. The van der Waals surface area contributed by atoms with Crippen LogP contribution in [0.1, 0.15) is 45.1 Å². The normalized spacial score (nSPS) is 15.8. The van der Waals surface area contributed by atoms with Crippen LogP contribution in [0.3, 0.4) is 0 Å². The van der Waals surface area contributed by atoms with E-state index in [0.717, 1.165) is 5.56 Å². The summed E-state index contributed by atoms with van der Waals surface area (Å²) < 4.78 is 4.74. The standard InChI is InChI=1S/C14H21NO3/c1-4-14(3,13(17)18-10-16)9-11(2)12-5-7-15-8-6-12/h5-8,11,16H,4,9-10H2,1-3H3. The van der Waals surface area contributed by atoms with Gasteiger partial charge in [0, 0.05) is 12.4 Å². The highest BCUT2D eigenvalue weighted by atomic mass is 16.6. The molecule has 4 nitrogen and oxygen atoms in total. The molecule has 0 amide bonds. The van der Waals surface area contributed by atoms with Gasteiger partial charge in [-0.15, -0.1) is 0 Å². The lowest BCUT2D eigenvalue weighted by Gasteiger charge is -2.28. The van der Waals surface area contributed by atoms with Crippen LogP contribution in [0.15, 0.2) is 24.5 Å². The summed E-state index contributed by atoms with van der Waals surface area (Å²) in [6.45, 7) is 5.36. The minimum absolute atomic E-state index is 0.240. The summed E-state index contributed by atoms with van der Waals surface area (Å²) >= 11 is 0. The number of carbonyl (C=O) groups excluding carboxylic acids is 1. The Kier molecular flexibility index (Phi) is 5.28. The zero-order chi connectivity index (χ0) is 13.6. The van der Waals surface area contributed by atoms with E-state index >= 15 is 0 Å². The fourth-order valence-corrected chi connectivity index (χ4v) is 2.09. The molecule has 0 aliphatic heterocycles. The third kappa shape index (κ3) is 3.53. The lowest BCUT2D eigenvalue weighted by atomic mass is 9.77. The summed E-state index contributed by atoms with van der Waals surface area (Å²) in [5.74, 6) is -0.0994. The highest BCUT2D eigenvalue weighted by Gasteiger charge is 2.34. The van der Waals surface area contributed by atoms with Crippen LogP contribution in [-0.4, -0.2) is 22.9 Å². The number of aliphatic hydroxyl groups excluding tert-OH is 1. The molecule has 0 saturated carbocycles. The van der Waals surface area contributed by atoms with Gasteiger partial charge in [0.1, 0.15) is 0 Å². The Morgan fingerprint density at radius 2 is 2.11 bits per heavy atom. The molecule has 2 atom stereocenters. The van der Waals surface area contributed by atoms with Gasteiger partial charge in [0.25, 0.3) is 0 Å². The average molecular weight is 251 g/mol. The van der Waals surface area contributed by atoms with E-state index < -0.39 is 12.2 Å². The SMILES string of the molecule is CCC(C)(CC(C)c1ccncc1)C(=O)OCO. The first-order chi connectivity index (χ1) is 8.53. The molecule has 0 radical (unpaired) electrons. The topological polar surface area (TPSA) is 59.4 Å². The van der Waals surface area contributed by atoms with Crippen molar-refractivity contribution in [3.8, 4) is 0 Å². The number of ether oxygens (including phenoxy) is 1. The number of esters is 1. The lowest BCUT2D eigenvalue weighted by Crippen LogP contribution is -2.31. The van der Waals surface area contributed by atoms with E-state index in [0.29, 0.717) is 12.8 Å². The average Bonchev–Trinajstić information content (AvgIpc) is 2.39. The van der Waals surface area contributed by atoms with E-state index in [1.807, 2.05) is 26.0 Å². The number of carbonyl (C=O) groups is 1. The fourth-order valence-electron chi connectivity index (χ4n) is 2.09. The van der Waals surface area contributed by atoms with Crippen LogP contribution >= 0.6 is 0 Å². The van der Waals surface area contributed by atoms with Gasteiger partial charge < -0.3 is 9.84 Å². The molecule has 0 bridgehead atoms. The van der Waals surface area contributed by atoms with Crippen molar-refractivity contribution in [1.82, 2.24) is 4.98 Å². The molecule has 1 rings (SSSR count). The summed E-state index contributed by atoms with van der Waals surface area (Å²) in [5.41, 5.74) is 0.590. The van der Waals surface area contributed by atoms with Crippen LogP contribution in [0.5, 0.6) is 0 Å². The van der Waals surface area contributed by atoms with Crippen molar-refractivity contribution < 1.29 is 14.6 Å². The first kappa shape index (κ1) is 14.6. The molecular weight excluding hydrogens is 230 g/mol. The number of rotatable bonds is 6. The Hall–Kier alpha value is -1.42. The van der Waals surface area contributed by atoms with E-state index in [9.17, 15) is 4.79 Å². The van der Waals surface area contributed by atoms with Crippen LogP contribution in [0.2, 0.25) is 0 Å². The summed E-state index contributed by atoms with van der Waals surface area (Å²) in [7, 11) is 0. The van der Waals surface area contributed by atoms with Crippen molar-refractivity contribution in [2.24, 2.45) is 5.41 Å². The molecule has 0 aliphatic rings. The number of nitrogens with zero attached hydrogens (tertiary/aromatic N) is 1. The summed E-state index contributed by atoms with van der Waals surface area (Å²) in [5, 5.41) is 8.70. The van der Waals surface area contributed by atoms with Gasteiger partial charge in [0.05, 0.1) is 5.41 Å². The van der Waals surface area contributed by atoms with Gasteiger partial charge in [0.15, 0.2) is 6.79 Å². The van der Waals surface area contributed by atoms with Gasteiger partial charge in [0.2, 0.25) is 0 Å². The highest BCUT2D eigenvalue weighted by Crippen LogP contribution is 2.35. The largest absolute Gasteiger partial charge is 0.438 e. The van der Waals surface area contributed by atoms with E-state index in [4.69, 9.17) is 9.84 Å². The lowest BCUT2D eigenvalue weighted by molar-refractivity contribution is -0.164. The Labute approximate surface area is 108 Å². The van der Waals surface area contributed by atoms with Crippen LogP contribution in [-0.2, 0) is 9.53 Å². The van der Waals surface area contributed by atoms with Crippen molar-refractivity contribution in [1.29, 1.82) is 0 Å². The van der Waals surface area contributed by atoms with Crippen LogP contribution in [0.25, 0.3) is 0 Å². The van der Waals surface area contributed by atoms with Gasteiger partial charge >= 0.3 is 5.97 Å². The van der Waals surface area contributed by atoms with E-state index in [1.54, 1.807) is 12.4 Å².